The van der Waals surface area contributed by atoms with Gasteiger partial charge in [0.25, 0.3) is 0 Å². The van der Waals surface area contributed by atoms with Crippen molar-refractivity contribution in [1.82, 2.24) is 10.2 Å². The number of hydrogen-bond donors (Lipinski definition) is 1. The molecule has 0 saturated carbocycles. The molecule has 0 amide bonds. The minimum atomic E-state index is 0.469. The first-order chi connectivity index (χ1) is 7.61. The van der Waals surface area contributed by atoms with Crippen molar-refractivity contribution in [3.05, 3.63) is 40.6 Å². The molecule has 0 atom stereocenters. The van der Waals surface area contributed by atoms with E-state index >= 15 is 0 Å². The second-order valence-electron chi connectivity index (χ2n) is 4.19. The standard InChI is InChI=1S/C13H15ClN2/c1-8-4-9(2)13(10(3)5-8)12-6-11(7-14)15-16-12/h4-6H,7H2,1-3H3,(H,15,16). The fourth-order valence-corrected chi connectivity index (χ4v) is 2.28. The highest BCUT2D eigenvalue weighted by atomic mass is 35.5. The molecule has 2 rings (SSSR count). The lowest BCUT2D eigenvalue weighted by atomic mass is 9.97. The van der Waals surface area contributed by atoms with Gasteiger partial charge in [0.2, 0.25) is 0 Å². The highest BCUT2D eigenvalue weighted by Gasteiger charge is 2.09. The average molecular weight is 235 g/mol. The topological polar surface area (TPSA) is 28.7 Å². The Balaban J connectivity index is 2.55. The lowest BCUT2D eigenvalue weighted by Crippen LogP contribution is -1.90. The lowest BCUT2D eigenvalue weighted by molar-refractivity contribution is 1.04. The van der Waals surface area contributed by atoms with E-state index in [1.54, 1.807) is 0 Å². The first-order valence-corrected chi connectivity index (χ1v) is 5.83. The molecule has 84 valence electrons. The van der Waals surface area contributed by atoms with Gasteiger partial charge in [-0.05, 0) is 38.0 Å². The summed E-state index contributed by atoms with van der Waals surface area (Å²) in [5.41, 5.74) is 6.93. The second-order valence-corrected chi connectivity index (χ2v) is 4.45. The van der Waals surface area contributed by atoms with Gasteiger partial charge in [0.05, 0.1) is 17.3 Å². The number of nitrogens with one attached hydrogen (secondary N) is 1. The third-order valence-corrected chi connectivity index (χ3v) is 3.00. The molecular weight excluding hydrogens is 220 g/mol. The van der Waals surface area contributed by atoms with E-state index in [2.05, 4.69) is 43.1 Å². The second kappa shape index (κ2) is 4.30. The Morgan fingerprint density at radius 2 is 1.75 bits per heavy atom. The smallest absolute Gasteiger partial charge is 0.0929 e. The van der Waals surface area contributed by atoms with Crippen LogP contribution in [0, 0.1) is 20.8 Å². The molecule has 0 aliphatic heterocycles. The summed E-state index contributed by atoms with van der Waals surface area (Å²) >= 11 is 5.76. The quantitative estimate of drug-likeness (QED) is 0.788. The molecule has 3 heteroatoms. The maximum atomic E-state index is 5.76. The fraction of sp³-hybridized carbons (Fsp3) is 0.308. The first kappa shape index (κ1) is 11.2. The fourth-order valence-electron chi connectivity index (χ4n) is 2.14. The van der Waals surface area contributed by atoms with Gasteiger partial charge < -0.3 is 0 Å². The van der Waals surface area contributed by atoms with Gasteiger partial charge in [-0.3, -0.25) is 5.10 Å². The van der Waals surface area contributed by atoms with Crippen molar-refractivity contribution < 1.29 is 0 Å². The zero-order valence-corrected chi connectivity index (χ0v) is 10.5. The van der Waals surface area contributed by atoms with Gasteiger partial charge in [0, 0.05) is 5.56 Å². The van der Waals surface area contributed by atoms with Crippen molar-refractivity contribution >= 4 is 11.6 Å². The third kappa shape index (κ3) is 1.98. The van der Waals surface area contributed by atoms with Crippen molar-refractivity contribution in [2.75, 3.05) is 0 Å². The zero-order chi connectivity index (χ0) is 11.7. The van der Waals surface area contributed by atoms with Crippen LogP contribution >= 0.6 is 11.6 Å². The van der Waals surface area contributed by atoms with E-state index in [4.69, 9.17) is 11.6 Å². The van der Waals surface area contributed by atoms with Crippen molar-refractivity contribution in [2.24, 2.45) is 0 Å². The van der Waals surface area contributed by atoms with Crippen LogP contribution in [0.15, 0.2) is 18.2 Å². The molecule has 0 bridgehead atoms. The highest BCUT2D eigenvalue weighted by molar-refractivity contribution is 6.16. The Hall–Kier alpha value is -1.28. The average Bonchev–Trinajstić information content (AvgIpc) is 2.64. The van der Waals surface area contributed by atoms with Crippen molar-refractivity contribution in [3.63, 3.8) is 0 Å². The summed E-state index contributed by atoms with van der Waals surface area (Å²) in [6.07, 6.45) is 0. The number of rotatable bonds is 2. The van der Waals surface area contributed by atoms with Crippen LogP contribution in [-0.2, 0) is 5.88 Å². The number of aryl methyl sites for hydroxylation is 3. The summed E-state index contributed by atoms with van der Waals surface area (Å²) in [4.78, 5) is 0. The predicted molar refractivity (Wildman–Crippen MR) is 67.8 cm³/mol. The van der Waals surface area contributed by atoms with Crippen LogP contribution in [0.25, 0.3) is 11.3 Å². The van der Waals surface area contributed by atoms with E-state index in [1.165, 1.54) is 22.3 Å². The van der Waals surface area contributed by atoms with Crippen LogP contribution < -0.4 is 0 Å². The van der Waals surface area contributed by atoms with Crippen LogP contribution in [0.1, 0.15) is 22.4 Å². The monoisotopic (exact) mass is 234 g/mol. The Morgan fingerprint density at radius 3 is 2.25 bits per heavy atom. The number of aromatic nitrogens is 2. The number of aromatic amines is 1. The maximum Gasteiger partial charge on any atom is 0.0929 e. The Labute approximate surface area is 101 Å². The van der Waals surface area contributed by atoms with E-state index in [-0.39, 0.29) is 0 Å². The maximum absolute atomic E-state index is 5.76. The van der Waals surface area contributed by atoms with Gasteiger partial charge in [-0.25, -0.2) is 0 Å². The number of hydrogen-bond acceptors (Lipinski definition) is 1. The minimum Gasteiger partial charge on any atom is -0.281 e. The number of alkyl halides is 1. The van der Waals surface area contributed by atoms with Gasteiger partial charge in [-0.2, -0.15) is 5.10 Å². The SMILES string of the molecule is Cc1cc(C)c(-c2cc(CCl)[nH]n2)c(C)c1. The number of benzene rings is 1. The predicted octanol–water partition coefficient (Wildman–Crippen LogP) is 3.74. The molecule has 0 unspecified atom stereocenters. The van der Waals surface area contributed by atoms with Crippen molar-refractivity contribution in [2.45, 2.75) is 26.7 Å². The summed E-state index contributed by atoms with van der Waals surface area (Å²) in [5, 5.41) is 7.24. The summed E-state index contributed by atoms with van der Waals surface area (Å²) in [5.74, 6) is 0.469. The molecule has 0 fully saturated rings. The number of nitrogens with zero attached hydrogens (tertiary/aromatic N) is 1. The van der Waals surface area contributed by atoms with Crippen LogP contribution in [0.5, 0.6) is 0 Å². The van der Waals surface area contributed by atoms with E-state index in [0.29, 0.717) is 5.88 Å². The summed E-state index contributed by atoms with van der Waals surface area (Å²) in [7, 11) is 0. The molecule has 2 aromatic rings. The van der Waals surface area contributed by atoms with E-state index in [0.717, 1.165) is 11.4 Å². The van der Waals surface area contributed by atoms with Crippen molar-refractivity contribution in [1.29, 1.82) is 0 Å². The van der Waals surface area contributed by atoms with Gasteiger partial charge in [-0.15, -0.1) is 11.6 Å². The zero-order valence-electron chi connectivity index (χ0n) is 9.76. The van der Waals surface area contributed by atoms with Crippen LogP contribution in [-0.4, -0.2) is 10.2 Å². The Morgan fingerprint density at radius 1 is 1.12 bits per heavy atom. The Bertz CT molecular complexity index is 491. The molecule has 1 heterocycles. The van der Waals surface area contributed by atoms with Gasteiger partial charge in [0.15, 0.2) is 0 Å². The molecule has 1 N–H and O–H groups in total. The molecule has 0 aliphatic rings. The number of H-pyrrole nitrogens is 1. The van der Waals surface area contributed by atoms with Crippen LogP contribution in [0.4, 0.5) is 0 Å². The molecule has 1 aromatic heterocycles. The lowest BCUT2D eigenvalue weighted by Gasteiger charge is -2.08. The molecule has 0 radical (unpaired) electrons. The summed E-state index contributed by atoms with van der Waals surface area (Å²) < 4.78 is 0. The van der Waals surface area contributed by atoms with Gasteiger partial charge in [-0.1, -0.05) is 17.7 Å². The van der Waals surface area contributed by atoms with E-state index in [1.807, 2.05) is 6.07 Å². The first-order valence-electron chi connectivity index (χ1n) is 5.30. The van der Waals surface area contributed by atoms with E-state index in [9.17, 15) is 0 Å². The van der Waals surface area contributed by atoms with Gasteiger partial charge in [0.1, 0.15) is 0 Å². The highest BCUT2D eigenvalue weighted by Crippen LogP contribution is 2.27. The molecule has 2 nitrogen and oxygen atoms in total. The summed E-state index contributed by atoms with van der Waals surface area (Å²) in [6.45, 7) is 6.34. The number of halogens is 1. The minimum absolute atomic E-state index is 0.469. The molecule has 1 aromatic carbocycles. The Kier molecular flexibility index (Phi) is 3.01. The van der Waals surface area contributed by atoms with Crippen LogP contribution in [0.3, 0.4) is 0 Å². The summed E-state index contributed by atoms with van der Waals surface area (Å²) in [6, 6.07) is 6.37. The molecular formula is C13H15ClN2. The molecule has 0 saturated heterocycles. The third-order valence-electron chi connectivity index (χ3n) is 2.71. The normalized spacial score (nSPS) is 10.8. The largest absolute Gasteiger partial charge is 0.281 e. The van der Waals surface area contributed by atoms with E-state index < -0.39 is 0 Å². The van der Waals surface area contributed by atoms with Crippen LogP contribution in [0.2, 0.25) is 0 Å². The molecule has 16 heavy (non-hydrogen) atoms. The van der Waals surface area contributed by atoms with Gasteiger partial charge >= 0.3 is 0 Å². The van der Waals surface area contributed by atoms with Crippen molar-refractivity contribution in [3.8, 4) is 11.3 Å². The molecule has 0 spiro atoms. The molecule has 0 aliphatic carbocycles.